The van der Waals surface area contributed by atoms with Crippen LogP contribution in [0.3, 0.4) is 0 Å². The van der Waals surface area contributed by atoms with Crippen molar-refractivity contribution in [2.45, 2.75) is 6.54 Å². The molecule has 0 amide bonds. The zero-order chi connectivity index (χ0) is 14.7. The van der Waals surface area contributed by atoms with E-state index in [1.165, 1.54) is 0 Å². The second-order valence-corrected chi connectivity index (χ2v) is 4.86. The molecule has 2 N–H and O–H groups in total. The minimum absolute atomic E-state index is 0.668. The standard InChI is InChI=1S/C17H14N4/c18-9-13-1-3-14(4-2-13)11-21-12-16(10-20-21)15-5-7-17(19)8-6-15/h1-8,10,12H,11,19H2. The zero-order valence-corrected chi connectivity index (χ0v) is 11.4. The highest BCUT2D eigenvalue weighted by molar-refractivity contribution is 5.64. The van der Waals surface area contributed by atoms with Gasteiger partial charge < -0.3 is 5.73 Å². The second kappa shape index (κ2) is 5.51. The molecule has 102 valence electrons. The van der Waals surface area contributed by atoms with Gasteiger partial charge in [-0.2, -0.15) is 10.4 Å². The first-order valence-electron chi connectivity index (χ1n) is 6.62. The molecule has 1 heterocycles. The van der Waals surface area contributed by atoms with Crippen molar-refractivity contribution >= 4 is 5.69 Å². The van der Waals surface area contributed by atoms with E-state index in [4.69, 9.17) is 11.0 Å². The Morgan fingerprint density at radius 3 is 2.38 bits per heavy atom. The first kappa shape index (κ1) is 12.9. The molecule has 0 aliphatic rings. The van der Waals surface area contributed by atoms with E-state index in [0.717, 1.165) is 22.4 Å². The number of nitrogens with two attached hydrogens (primary N) is 1. The molecule has 4 heteroatoms. The Bertz CT molecular complexity index is 777. The predicted octanol–water partition coefficient (Wildman–Crippen LogP) is 3.05. The molecule has 0 aliphatic heterocycles. The van der Waals surface area contributed by atoms with Gasteiger partial charge in [-0.3, -0.25) is 4.68 Å². The summed E-state index contributed by atoms with van der Waals surface area (Å²) in [6.45, 7) is 0.681. The third-order valence-corrected chi connectivity index (χ3v) is 3.30. The predicted molar refractivity (Wildman–Crippen MR) is 82.3 cm³/mol. The minimum atomic E-state index is 0.668. The number of nitrogen functional groups attached to an aromatic ring is 1. The molecule has 0 bridgehead atoms. The van der Waals surface area contributed by atoms with Crippen LogP contribution in [0.2, 0.25) is 0 Å². The van der Waals surface area contributed by atoms with Gasteiger partial charge in [0, 0.05) is 17.4 Å². The Balaban J connectivity index is 1.78. The number of anilines is 1. The molecule has 0 unspecified atom stereocenters. The maximum Gasteiger partial charge on any atom is 0.0991 e. The van der Waals surface area contributed by atoms with E-state index in [2.05, 4.69) is 11.2 Å². The number of hydrogen-bond acceptors (Lipinski definition) is 3. The van der Waals surface area contributed by atoms with E-state index in [9.17, 15) is 0 Å². The Labute approximate surface area is 123 Å². The Kier molecular flexibility index (Phi) is 3.40. The first-order valence-corrected chi connectivity index (χ1v) is 6.62. The third-order valence-electron chi connectivity index (χ3n) is 3.30. The van der Waals surface area contributed by atoms with Crippen LogP contribution in [0.4, 0.5) is 5.69 Å². The summed E-state index contributed by atoms with van der Waals surface area (Å²) in [6.07, 6.45) is 3.85. The second-order valence-electron chi connectivity index (χ2n) is 4.86. The van der Waals surface area contributed by atoms with Crippen LogP contribution in [0.25, 0.3) is 11.1 Å². The molecule has 0 saturated heterocycles. The van der Waals surface area contributed by atoms with Crippen LogP contribution in [0.15, 0.2) is 60.9 Å². The third kappa shape index (κ3) is 2.93. The van der Waals surface area contributed by atoms with Crippen molar-refractivity contribution in [3.63, 3.8) is 0 Å². The van der Waals surface area contributed by atoms with Crippen LogP contribution < -0.4 is 5.73 Å². The molecule has 0 aliphatic carbocycles. The summed E-state index contributed by atoms with van der Waals surface area (Å²) in [6, 6.07) is 17.4. The average Bonchev–Trinajstić information content (AvgIpc) is 2.97. The molecule has 0 saturated carbocycles. The molecule has 3 aromatic rings. The van der Waals surface area contributed by atoms with Crippen LogP contribution in [0, 0.1) is 11.3 Å². The summed E-state index contributed by atoms with van der Waals surface area (Å²) in [5.41, 5.74) is 10.4. The van der Waals surface area contributed by atoms with Gasteiger partial charge in [-0.25, -0.2) is 0 Å². The molecule has 1 aromatic heterocycles. The highest BCUT2D eigenvalue weighted by atomic mass is 15.3. The van der Waals surface area contributed by atoms with Gasteiger partial charge in [-0.1, -0.05) is 24.3 Å². The molecule has 4 nitrogen and oxygen atoms in total. The van der Waals surface area contributed by atoms with Gasteiger partial charge >= 0.3 is 0 Å². The van der Waals surface area contributed by atoms with E-state index in [0.29, 0.717) is 12.1 Å². The summed E-state index contributed by atoms with van der Waals surface area (Å²) < 4.78 is 1.88. The van der Waals surface area contributed by atoms with Crippen molar-refractivity contribution in [3.05, 3.63) is 72.1 Å². The van der Waals surface area contributed by atoms with Crippen LogP contribution in [-0.4, -0.2) is 9.78 Å². The normalized spacial score (nSPS) is 10.2. The molecule has 3 rings (SSSR count). The molecule has 0 spiro atoms. The molecule has 0 radical (unpaired) electrons. The van der Waals surface area contributed by atoms with Crippen molar-refractivity contribution in [2.24, 2.45) is 0 Å². The van der Waals surface area contributed by atoms with Crippen LogP contribution in [0.1, 0.15) is 11.1 Å². The van der Waals surface area contributed by atoms with Crippen molar-refractivity contribution in [3.8, 4) is 17.2 Å². The molecular weight excluding hydrogens is 260 g/mol. The summed E-state index contributed by atoms with van der Waals surface area (Å²) in [4.78, 5) is 0. The van der Waals surface area contributed by atoms with Gasteiger partial charge in [-0.15, -0.1) is 0 Å². The number of aromatic nitrogens is 2. The summed E-state index contributed by atoms with van der Waals surface area (Å²) in [5.74, 6) is 0. The van der Waals surface area contributed by atoms with E-state index in [-0.39, 0.29) is 0 Å². The number of rotatable bonds is 3. The highest BCUT2D eigenvalue weighted by Gasteiger charge is 2.02. The monoisotopic (exact) mass is 274 g/mol. The van der Waals surface area contributed by atoms with Crippen LogP contribution in [-0.2, 0) is 6.54 Å². The van der Waals surface area contributed by atoms with Gasteiger partial charge in [0.2, 0.25) is 0 Å². The molecule has 2 aromatic carbocycles. The number of hydrogen-bond donors (Lipinski definition) is 1. The summed E-state index contributed by atoms with van der Waals surface area (Å²) in [7, 11) is 0. The lowest BCUT2D eigenvalue weighted by Gasteiger charge is -2.02. The van der Waals surface area contributed by atoms with Gasteiger partial charge in [0.1, 0.15) is 0 Å². The largest absolute Gasteiger partial charge is 0.399 e. The fraction of sp³-hybridized carbons (Fsp3) is 0.0588. The van der Waals surface area contributed by atoms with Gasteiger partial charge in [-0.05, 0) is 35.4 Å². The lowest BCUT2D eigenvalue weighted by molar-refractivity contribution is 0.687. The van der Waals surface area contributed by atoms with E-state index < -0.39 is 0 Å². The Morgan fingerprint density at radius 2 is 1.71 bits per heavy atom. The van der Waals surface area contributed by atoms with Gasteiger partial charge in [0.25, 0.3) is 0 Å². The number of nitriles is 1. The topological polar surface area (TPSA) is 67.6 Å². The molecule has 0 fully saturated rings. The maximum atomic E-state index is 8.79. The van der Waals surface area contributed by atoms with Crippen molar-refractivity contribution < 1.29 is 0 Å². The lowest BCUT2D eigenvalue weighted by atomic mass is 10.1. The first-order chi connectivity index (χ1) is 10.2. The van der Waals surface area contributed by atoms with E-state index in [1.54, 1.807) is 0 Å². The maximum absolute atomic E-state index is 8.79. The SMILES string of the molecule is N#Cc1ccc(Cn2cc(-c3ccc(N)cc3)cn2)cc1. The van der Waals surface area contributed by atoms with Crippen LogP contribution >= 0.6 is 0 Å². The average molecular weight is 274 g/mol. The molecular formula is C17H14N4. The van der Waals surface area contributed by atoms with Crippen molar-refractivity contribution in [1.82, 2.24) is 9.78 Å². The minimum Gasteiger partial charge on any atom is -0.399 e. The fourth-order valence-corrected chi connectivity index (χ4v) is 2.15. The lowest BCUT2D eigenvalue weighted by Crippen LogP contribution is -1.99. The zero-order valence-electron chi connectivity index (χ0n) is 11.4. The van der Waals surface area contributed by atoms with Gasteiger partial charge in [0.05, 0.1) is 24.4 Å². The quantitative estimate of drug-likeness (QED) is 0.746. The van der Waals surface area contributed by atoms with E-state index >= 15 is 0 Å². The Morgan fingerprint density at radius 1 is 1.00 bits per heavy atom. The Hall–Kier alpha value is -3.06. The van der Waals surface area contributed by atoms with Crippen molar-refractivity contribution in [2.75, 3.05) is 5.73 Å². The fourth-order valence-electron chi connectivity index (χ4n) is 2.15. The summed E-state index contributed by atoms with van der Waals surface area (Å²) in [5, 5.41) is 13.2. The van der Waals surface area contributed by atoms with E-state index in [1.807, 2.05) is 65.6 Å². The number of nitrogens with zero attached hydrogens (tertiary/aromatic N) is 3. The van der Waals surface area contributed by atoms with Gasteiger partial charge in [0.15, 0.2) is 0 Å². The van der Waals surface area contributed by atoms with Crippen molar-refractivity contribution in [1.29, 1.82) is 5.26 Å². The number of benzene rings is 2. The van der Waals surface area contributed by atoms with Crippen LogP contribution in [0.5, 0.6) is 0 Å². The molecule has 21 heavy (non-hydrogen) atoms. The highest BCUT2D eigenvalue weighted by Crippen LogP contribution is 2.20. The smallest absolute Gasteiger partial charge is 0.0991 e. The summed E-state index contributed by atoms with van der Waals surface area (Å²) >= 11 is 0. The molecule has 0 atom stereocenters.